The summed E-state index contributed by atoms with van der Waals surface area (Å²) in [5.74, 6) is 0.140. The molecule has 0 radical (unpaired) electrons. The molecule has 0 aromatic rings. The fourth-order valence-corrected chi connectivity index (χ4v) is 2.67. The Balaban J connectivity index is 2.27. The molecule has 1 fully saturated rings. The smallest absolute Gasteiger partial charge is 0.237 e. The zero-order chi connectivity index (χ0) is 13.6. The van der Waals surface area contributed by atoms with Crippen molar-refractivity contribution in [1.29, 1.82) is 0 Å². The number of rotatable bonds is 8. The molecule has 1 rings (SSSR count). The summed E-state index contributed by atoms with van der Waals surface area (Å²) in [4.78, 5) is 12.0. The molecular formula is C15H30N2O. The molecule has 0 aliphatic heterocycles. The molecule has 0 spiro atoms. The van der Waals surface area contributed by atoms with Gasteiger partial charge in [-0.15, -0.1) is 0 Å². The van der Waals surface area contributed by atoms with Gasteiger partial charge in [-0.05, 0) is 44.9 Å². The Hall–Kier alpha value is -0.570. The first kappa shape index (κ1) is 15.5. The molecule has 1 aliphatic rings. The maximum absolute atomic E-state index is 12.0. The quantitative estimate of drug-likeness (QED) is 0.699. The van der Waals surface area contributed by atoms with Gasteiger partial charge in [0.05, 0.1) is 6.04 Å². The van der Waals surface area contributed by atoms with Crippen molar-refractivity contribution >= 4 is 5.91 Å². The summed E-state index contributed by atoms with van der Waals surface area (Å²) in [6, 6.07) is 0.212. The molecule has 18 heavy (non-hydrogen) atoms. The van der Waals surface area contributed by atoms with Crippen LogP contribution in [0, 0.1) is 5.41 Å². The first-order chi connectivity index (χ1) is 8.53. The minimum Gasteiger partial charge on any atom is -0.352 e. The topological polar surface area (TPSA) is 41.1 Å². The maximum Gasteiger partial charge on any atom is 0.237 e. The molecule has 2 atom stereocenters. The number of hydrogen-bond acceptors (Lipinski definition) is 2. The van der Waals surface area contributed by atoms with Gasteiger partial charge in [-0.25, -0.2) is 0 Å². The Kier molecular flexibility index (Phi) is 6.13. The van der Waals surface area contributed by atoms with Crippen molar-refractivity contribution in [3.63, 3.8) is 0 Å². The van der Waals surface area contributed by atoms with Gasteiger partial charge in [0.15, 0.2) is 0 Å². The molecule has 3 nitrogen and oxygen atoms in total. The van der Waals surface area contributed by atoms with E-state index in [1.807, 2.05) is 6.92 Å². The number of carbonyl (C=O) groups excluding carboxylic acids is 1. The van der Waals surface area contributed by atoms with Crippen molar-refractivity contribution in [1.82, 2.24) is 10.6 Å². The van der Waals surface area contributed by atoms with Crippen molar-refractivity contribution in [3.8, 4) is 0 Å². The SMILES string of the molecule is CCCC(C)NC(=O)C(C)NCC1(CC)CCC1. The fraction of sp³-hybridized carbons (Fsp3) is 0.933. The maximum atomic E-state index is 12.0. The van der Waals surface area contributed by atoms with Gasteiger partial charge in [-0.3, -0.25) is 4.79 Å². The number of nitrogens with one attached hydrogen (secondary N) is 2. The molecule has 0 bridgehead atoms. The van der Waals surface area contributed by atoms with Crippen LogP contribution >= 0.6 is 0 Å². The lowest BCUT2D eigenvalue weighted by Gasteiger charge is -2.42. The minimum atomic E-state index is -0.0756. The van der Waals surface area contributed by atoms with Crippen molar-refractivity contribution < 1.29 is 4.79 Å². The Bertz CT molecular complexity index is 256. The molecule has 1 aliphatic carbocycles. The number of hydrogen-bond donors (Lipinski definition) is 2. The lowest BCUT2D eigenvalue weighted by Crippen LogP contribution is -2.49. The standard InChI is InChI=1S/C15H30N2O/c1-5-8-12(3)17-14(18)13(4)16-11-15(6-2)9-7-10-15/h12-13,16H,5-11H2,1-4H3,(H,17,18). The van der Waals surface area contributed by atoms with E-state index >= 15 is 0 Å². The molecule has 0 heterocycles. The van der Waals surface area contributed by atoms with E-state index in [9.17, 15) is 4.79 Å². The average Bonchev–Trinajstić information content (AvgIpc) is 2.28. The van der Waals surface area contributed by atoms with E-state index in [4.69, 9.17) is 0 Å². The van der Waals surface area contributed by atoms with E-state index < -0.39 is 0 Å². The fourth-order valence-electron chi connectivity index (χ4n) is 2.67. The highest BCUT2D eigenvalue weighted by Gasteiger charge is 2.35. The second-order valence-electron chi connectivity index (χ2n) is 6.01. The third kappa shape index (κ3) is 4.27. The summed E-state index contributed by atoms with van der Waals surface area (Å²) >= 11 is 0. The summed E-state index contributed by atoms with van der Waals surface area (Å²) in [6.07, 6.45) is 7.37. The molecule has 0 saturated heterocycles. The first-order valence-corrected chi connectivity index (χ1v) is 7.57. The first-order valence-electron chi connectivity index (χ1n) is 7.57. The van der Waals surface area contributed by atoms with Crippen LogP contribution in [0.2, 0.25) is 0 Å². The van der Waals surface area contributed by atoms with E-state index in [0.29, 0.717) is 5.41 Å². The van der Waals surface area contributed by atoms with Crippen LogP contribution in [0.4, 0.5) is 0 Å². The van der Waals surface area contributed by atoms with Crippen molar-refractivity contribution in [2.45, 2.75) is 78.3 Å². The van der Waals surface area contributed by atoms with Gasteiger partial charge in [0.25, 0.3) is 0 Å². The molecule has 1 saturated carbocycles. The van der Waals surface area contributed by atoms with Gasteiger partial charge in [0.1, 0.15) is 0 Å². The summed E-state index contributed by atoms with van der Waals surface area (Å²) in [6.45, 7) is 9.44. The van der Waals surface area contributed by atoms with Crippen molar-refractivity contribution in [3.05, 3.63) is 0 Å². The van der Waals surface area contributed by atoms with E-state index in [1.54, 1.807) is 0 Å². The van der Waals surface area contributed by atoms with E-state index in [0.717, 1.165) is 19.4 Å². The Morgan fingerprint density at radius 1 is 1.28 bits per heavy atom. The van der Waals surface area contributed by atoms with Crippen molar-refractivity contribution in [2.75, 3.05) is 6.54 Å². The van der Waals surface area contributed by atoms with Gasteiger partial charge in [-0.2, -0.15) is 0 Å². The largest absolute Gasteiger partial charge is 0.352 e. The predicted molar refractivity (Wildman–Crippen MR) is 76.6 cm³/mol. The minimum absolute atomic E-state index is 0.0756. The second-order valence-corrected chi connectivity index (χ2v) is 6.01. The Labute approximate surface area is 112 Å². The Morgan fingerprint density at radius 2 is 1.94 bits per heavy atom. The third-order valence-electron chi connectivity index (χ3n) is 4.45. The second kappa shape index (κ2) is 7.13. The molecule has 0 aromatic carbocycles. The zero-order valence-electron chi connectivity index (χ0n) is 12.5. The van der Waals surface area contributed by atoms with Gasteiger partial charge in [0, 0.05) is 12.6 Å². The molecule has 2 N–H and O–H groups in total. The van der Waals surface area contributed by atoms with Crippen LogP contribution in [0.25, 0.3) is 0 Å². The van der Waals surface area contributed by atoms with Crippen LogP contribution in [0.15, 0.2) is 0 Å². The molecule has 1 amide bonds. The molecule has 0 aromatic heterocycles. The third-order valence-corrected chi connectivity index (χ3v) is 4.45. The van der Waals surface area contributed by atoms with Gasteiger partial charge in [-0.1, -0.05) is 26.7 Å². The highest BCUT2D eigenvalue weighted by molar-refractivity contribution is 5.81. The van der Waals surface area contributed by atoms with Crippen LogP contribution in [-0.4, -0.2) is 24.5 Å². The summed E-state index contributed by atoms with van der Waals surface area (Å²) in [5.41, 5.74) is 0.476. The van der Waals surface area contributed by atoms with E-state index in [2.05, 4.69) is 31.4 Å². The molecular weight excluding hydrogens is 224 g/mol. The van der Waals surface area contributed by atoms with E-state index in [-0.39, 0.29) is 18.0 Å². The van der Waals surface area contributed by atoms with Gasteiger partial charge in [0.2, 0.25) is 5.91 Å². The summed E-state index contributed by atoms with van der Waals surface area (Å²) < 4.78 is 0. The number of carbonyl (C=O) groups is 1. The van der Waals surface area contributed by atoms with Crippen LogP contribution in [0.5, 0.6) is 0 Å². The molecule has 2 unspecified atom stereocenters. The van der Waals surface area contributed by atoms with Gasteiger partial charge < -0.3 is 10.6 Å². The lowest BCUT2D eigenvalue weighted by atomic mass is 9.67. The highest BCUT2D eigenvalue weighted by Crippen LogP contribution is 2.43. The summed E-state index contributed by atoms with van der Waals surface area (Å²) in [7, 11) is 0. The van der Waals surface area contributed by atoms with Crippen LogP contribution in [0.3, 0.4) is 0 Å². The lowest BCUT2D eigenvalue weighted by molar-refractivity contribution is -0.123. The highest BCUT2D eigenvalue weighted by atomic mass is 16.2. The molecule has 106 valence electrons. The van der Waals surface area contributed by atoms with Crippen molar-refractivity contribution in [2.24, 2.45) is 5.41 Å². The average molecular weight is 254 g/mol. The van der Waals surface area contributed by atoms with Gasteiger partial charge >= 0.3 is 0 Å². The Morgan fingerprint density at radius 3 is 2.39 bits per heavy atom. The van der Waals surface area contributed by atoms with Crippen LogP contribution in [-0.2, 0) is 4.79 Å². The van der Waals surface area contributed by atoms with Crippen LogP contribution < -0.4 is 10.6 Å². The summed E-state index contributed by atoms with van der Waals surface area (Å²) in [5, 5.41) is 6.48. The predicted octanol–water partition coefficient (Wildman–Crippen LogP) is 2.85. The number of amides is 1. The molecule has 3 heteroatoms. The normalized spacial score (nSPS) is 20.9. The van der Waals surface area contributed by atoms with Crippen LogP contribution in [0.1, 0.15) is 66.2 Å². The monoisotopic (exact) mass is 254 g/mol. The zero-order valence-corrected chi connectivity index (χ0v) is 12.5. The van der Waals surface area contributed by atoms with E-state index in [1.165, 1.54) is 25.7 Å².